The summed E-state index contributed by atoms with van der Waals surface area (Å²) in [7, 11) is 3.26. The first-order valence-corrected chi connectivity index (χ1v) is 14.4. The van der Waals surface area contributed by atoms with E-state index < -0.39 is 40.1 Å². The summed E-state index contributed by atoms with van der Waals surface area (Å²) in [4.78, 5) is 37.7. The molecule has 14 heteroatoms. The number of rotatable bonds is 9. The maximum absolute atomic E-state index is 14.6. The summed E-state index contributed by atoms with van der Waals surface area (Å²) in [5.74, 6) is -2.40. The van der Waals surface area contributed by atoms with Gasteiger partial charge in [-0.15, -0.1) is 12.4 Å². The molecule has 1 aliphatic heterocycles. The molecule has 2 aromatic carbocycles. The number of carbonyl (C=O) groups excluding carboxylic acids is 2. The van der Waals surface area contributed by atoms with Crippen LogP contribution >= 0.6 is 24.0 Å². The number of nitrogens with two attached hydrogens (primary N) is 1. The van der Waals surface area contributed by atoms with Gasteiger partial charge in [0, 0.05) is 30.1 Å². The van der Waals surface area contributed by atoms with E-state index in [1.54, 1.807) is 24.1 Å². The van der Waals surface area contributed by atoms with E-state index in [0.717, 1.165) is 6.07 Å². The van der Waals surface area contributed by atoms with Crippen molar-refractivity contribution in [2.75, 3.05) is 31.3 Å². The van der Waals surface area contributed by atoms with Crippen LogP contribution in [0.1, 0.15) is 40.5 Å². The Morgan fingerprint density at radius 1 is 1.18 bits per heavy atom. The van der Waals surface area contributed by atoms with Gasteiger partial charge in [0.1, 0.15) is 34.8 Å². The summed E-state index contributed by atoms with van der Waals surface area (Å²) in [6, 6.07) is 4.16. The molecule has 10 nitrogen and oxygen atoms in total. The number of nitrogens with one attached hydrogen (secondary N) is 3. The number of amides is 2. The number of likely N-dealkylation sites (N-methyl/N-ethyl adjacent to an activating group) is 1. The first-order chi connectivity index (χ1) is 20.3. The highest BCUT2D eigenvalue weighted by molar-refractivity contribution is 6.31. The van der Waals surface area contributed by atoms with Crippen molar-refractivity contribution in [3.63, 3.8) is 0 Å². The van der Waals surface area contributed by atoms with Crippen LogP contribution in [0.5, 0.6) is 5.75 Å². The maximum Gasteiger partial charge on any atom is 0.247 e. The highest BCUT2D eigenvalue weighted by Crippen LogP contribution is 2.36. The quantitative estimate of drug-likeness (QED) is 0.230. The maximum atomic E-state index is 14.6. The van der Waals surface area contributed by atoms with Crippen molar-refractivity contribution in [1.29, 1.82) is 0 Å². The van der Waals surface area contributed by atoms with E-state index in [1.165, 1.54) is 19.5 Å². The van der Waals surface area contributed by atoms with Crippen LogP contribution in [0.25, 0.3) is 10.9 Å². The minimum Gasteiger partial charge on any atom is -0.494 e. The van der Waals surface area contributed by atoms with Gasteiger partial charge in [0.2, 0.25) is 11.8 Å². The Balaban J connectivity index is 0.00000529. The fourth-order valence-electron chi connectivity index (χ4n) is 5.49. The van der Waals surface area contributed by atoms with Gasteiger partial charge in [-0.1, -0.05) is 32.4 Å². The first-order valence-electron chi connectivity index (χ1n) is 14.1. The number of benzene rings is 2. The van der Waals surface area contributed by atoms with Gasteiger partial charge in [-0.3, -0.25) is 9.59 Å². The van der Waals surface area contributed by atoms with E-state index in [2.05, 4.69) is 25.9 Å². The number of methoxy groups -OCH3 is 1. The average Bonchev–Trinajstić information content (AvgIpc) is 3.46. The number of aromatic nitrogens is 2. The van der Waals surface area contributed by atoms with Crippen LogP contribution in [-0.2, 0) is 9.59 Å². The summed E-state index contributed by atoms with van der Waals surface area (Å²) < 4.78 is 33.9. The third-order valence-electron chi connectivity index (χ3n) is 7.96. The molecule has 1 unspecified atom stereocenters. The first kappa shape index (κ1) is 35.2. The summed E-state index contributed by atoms with van der Waals surface area (Å²) in [6.07, 6.45) is 2.43. The molecule has 5 N–H and O–H groups in total. The largest absolute Gasteiger partial charge is 0.494 e. The van der Waals surface area contributed by atoms with Crippen molar-refractivity contribution in [3.05, 3.63) is 47.2 Å². The Morgan fingerprint density at radius 3 is 2.52 bits per heavy atom. The third kappa shape index (κ3) is 7.14. The second-order valence-corrected chi connectivity index (χ2v) is 12.2. The standard InChI is InChI=1S/C30H38ClF2N7O3.ClH/c1-15(35-5)26(34)23(30(2,3)4)29(42)40-11-7-8-21(40)28(41)39-20-12-16-19(13-22(20)43-6)36-14-37-27(16)38-18-10-9-17(32)24(31)25(18)33;/h9-10,12-15,21,23,26,35H,7-8,11,34H2,1-6H3,(H,39,41)(H,36,37,38);1H/t15-,21-,23-,26?;/m0./s1. The zero-order valence-electron chi connectivity index (χ0n) is 25.5. The zero-order valence-corrected chi connectivity index (χ0v) is 27.1. The van der Waals surface area contributed by atoms with Crippen molar-refractivity contribution in [2.24, 2.45) is 17.1 Å². The van der Waals surface area contributed by atoms with E-state index in [-0.39, 0.29) is 41.8 Å². The number of ether oxygens (including phenoxy) is 1. The Labute approximate surface area is 266 Å². The van der Waals surface area contributed by atoms with Crippen LogP contribution in [0, 0.1) is 23.0 Å². The predicted molar refractivity (Wildman–Crippen MR) is 171 cm³/mol. The van der Waals surface area contributed by atoms with Gasteiger partial charge >= 0.3 is 0 Å². The monoisotopic (exact) mass is 653 g/mol. The summed E-state index contributed by atoms with van der Waals surface area (Å²) in [5.41, 5.74) is 6.78. The Bertz CT molecular complexity index is 1520. The number of likely N-dealkylation sites (tertiary alicyclic amines) is 1. The fourth-order valence-corrected chi connectivity index (χ4v) is 5.66. The molecule has 2 amide bonds. The SMILES string of the molecule is CN[C@@H](C)C(N)[C@@H](C(=O)N1CCC[C@H]1C(=O)Nc1cc2c(Nc3ccc(F)c(Cl)c3F)ncnc2cc1OC)C(C)(C)C.Cl. The molecule has 3 aromatic rings. The summed E-state index contributed by atoms with van der Waals surface area (Å²) in [5, 5.41) is 8.65. The average molecular weight is 655 g/mol. The number of nitrogens with zero attached hydrogens (tertiary/aromatic N) is 3. The summed E-state index contributed by atoms with van der Waals surface area (Å²) >= 11 is 5.75. The van der Waals surface area contributed by atoms with Crippen molar-refractivity contribution in [2.45, 2.75) is 58.7 Å². The van der Waals surface area contributed by atoms with Gasteiger partial charge in [0.15, 0.2) is 5.82 Å². The van der Waals surface area contributed by atoms with Crippen LogP contribution in [0.15, 0.2) is 30.6 Å². The molecule has 0 aliphatic carbocycles. The minimum atomic E-state index is -0.973. The number of halogens is 4. The van der Waals surface area contributed by atoms with E-state index in [0.29, 0.717) is 41.7 Å². The predicted octanol–water partition coefficient (Wildman–Crippen LogP) is 5.26. The molecule has 1 saturated heterocycles. The molecule has 240 valence electrons. The van der Waals surface area contributed by atoms with E-state index in [9.17, 15) is 18.4 Å². The van der Waals surface area contributed by atoms with Crippen LogP contribution in [-0.4, -0.2) is 65.5 Å². The normalized spacial score (nSPS) is 17.0. The van der Waals surface area contributed by atoms with E-state index in [1.807, 2.05) is 27.7 Å². The molecule has 4 rings (SSSR count). The minimum absolute atomic E-state index is 0. The number of carbonyl (C=O) groups is 2. The third-order valence-corrected chi connectivity index (χ3v) is 8.30. The van der Waals surface area contributed by atoms with Gasteiger partial charge < -0.3 is 31.3 Å². The zero-order chi connectivity index (χ0) is 31.6. The van der Waals surface area contributed by atoms with E-state index >= 15 is 0 Å². The number of hydrogen-bond acceptors (Lipinski definition) is 8. The molecule has 0 saturated carbocycles. The Kier molecular flexibility index (Phi) is 11.3. The van der Waals surface area contributed by atoms with Gasteiger partial charge in [-0.2, -0.15) is 0 Å². The molecule has 0 spiro atoms. The molecule has 0 bridgehead atoms. The van der Waals surface area contributed by atoms with Crippen molar-refractivity contribution in [1.82, 2.24) is 20.2 Å². The van der Waals surface area contributed by atoms with Crippen molar-refractivity contribution in [3.8, 4) is 5.75 Å². The molecule has 0 radical (unpaired) electrons. The van der Waals surface area contributed by atoms with E-state index in [4.69, 9.17) is 22.1 Å². The number of hydrogen-bond donors (Lipinski definition) is 4. The van der Waals surface area contributed by atoms with Crippen LogP contribution < -0.4 is 26.4 Å². The van der Waals surface area contributed by atoms with Gasteiger partial charge in [0.25, 0.3) is 0 Å². The molecule has 1 aliphatic rings. The van der Waals surface area contributed by atoms with Gasteiger partial charge in [0.05, 0.1) is 29.9 Å². The lowest BCUT2D eigenvalue weighted by Crippen LogP contribution is -2.57. The summed E-state index contributed by atoms with van der Waals surface area (Å²) in [6.45, 7) is 8.29. The fraction of sp³-hybridized carbons (Fsp3) is 0.467. The molecular weight excluding hydrogens is 615 g/mol. The molecule has 1 aromatic heterocycles. The highest BCUT2D eigenvalue weighted by atomic mass is 35.5. The lowest BCUT2D eigenvalue weighted by molar-refractivity contribution is -0.144. The molecular formula is C30H39Cl2F2N7O3. The smallest absolute Gasteiger partial charge is 0.247 e. The number of anilines is 3. The molecule has 44 heavy (non-hydrogen) atoms. The van der Waals surface area contributed by atoms with Crippen molar-refractivity contribution >= 4 is 63.9 Å². The van der Waals surface area contributed by atoms with Crippen LogP contribution in [0.2, 0.25) is 5.02 Å². The number of fused-ring (bicyclic) bond motifs is 1. The molecule has 4 atom stereocenters. The van der Waals surface area contributed by atoms with Crippen molar-refractivity contribution < 1.29 is 23.1 Å². The molecule has 1 fully saturated rings. The lowest BCUT2D eigenvalue weighted by Gasteiger charge is -2.40. The van der Waals surface area contributed by atoms with Gasteiger partial charge in [-0.25, -0.2) is 18.7 Å². The van der Waals surface area contributed by atoms with Crippen LogP contribution in [0.4, 0.5) is 26.0 Å². The second kappa shape index (κ2) is 14.2. The Hall–Kier alpha value is -3.32. The topological polar surface area (TPSA) is 134 Å². The highest BCUT2D eigenvalue weighted by Gasteiger charge is 2.44. The van der Waals surface area contributed by atoms with Gasteiger partial charge in [-0.05, 0) is 50.4 Å². The van der Waals surface area contributed by atoms with Crippen LogP contribution in [0.3, 0.4) is 0 Å². The Morgan fingerprint density at radius 2 is 1.89 bits per heavy atom. The second-order valence-electron chi connectivity index (χ2n) is 11.8. The lowest BCUT2D eigenvalue weighted by atomic mass is 9.73. The molecule has 2 heterocycles.